The highest BCUT2D eigenvalue weighted by molar-refractivity contribution is 14.1. The van der Waals surface area contributed by atoms with Gasteiger partial charge < -0.3 is 19.9 Å². The van der Waals surface area contributed by atoms with E-state index in [0.717, 1.165) is 28.5 Å². The van der Waals surface area contributed by atoms with Crippen LogP contribution in [0.25, 0.3) is 22.2 Å². The van der Waals surface area contributed by atoms with Crippen LogP contribution in [0.15, 0.2) is 24.5 Å². The first-order valence-electron chi connectivity index (χ1n) is 8.98. The smallest absolute Gasteiger partial charge is 0.407 e. The molecule has 4 rings (SSSR count). The molecule has 0 atom stereocenters. The Kier molecular flexibility index (Phi) is 5.09. The van der Waals surface area contributed by atoms with Crippen molar-refractivity contribution in [3.8, 4) is 16.9 Å². The van der Waals surface area contributed by atoms with E-state index in [-0.39, 0.29) is 5.75 Å². The lowest BCUT2D eigenvalue weighted by atomic mass is 10.1. The van der Waals surface area contributed by atoms with Gasteiger partial charge in [-0.1, -0.05) is 6.07 Å². The van der Waals surface area contributed by atoms with Crippen molar-refractivity contribution in [2.45, 2.75) is 19.3 Å². The van der Waals surface area contributed by atoms with Crippen LogP contribution in [0.2, 0.25) is 0 Å². The van der Waals surface area contributed by atoms with Crippen LogP contribution in [0.4, 0.5) is 15.0 Å². The maximum atomic E-state index is 14.7. The van der Waals surface area contributed by atoms with Crippen LogP contribution in [-0.4, -0.2) is 38.6 Å². The Morgan fingerprint density at radius 3 is 2.71 bits per heavy atom. The van der Waals surface area contributed by atoms with Gasteiger partial charge in [0, 0.05) is 25.7 Å². The lowest BCUT2D eigenvalue weighted by Gasteiger charge is -2.25. The summed E-state index contributed by atoms with van der Waals surface area (Å²) in [4.78, 5) is 22.2. The zero-order valence-electron chi connectivity index (χ0n) is 15.3. The Morgan fingerprint density at radius 1 is 1.25 bits per heavy atom. The summed E-state index contributed by atoms with van der Waals surface area (Å²) in [5, 5.41) is 0.673. The van der Waals surface area contributed by atoms with Gasteiger partial charge in [0.15, 0.2) is 11.6 Å². The zero-order chi connectivity index (χ0) is 19.8. The predicted octanol–water partition coefficient (Wildman–Crippen LogP) is 3.95. The summed E-state index contributed by atoms with van der Waals surface area (Å²) in [5.74, 6) is -0.357. The fourth-order valence-corrected chi connectivity index (χ4v) is 4.29. The number of likely N-dealkylation sites (tertiary alicyclic amines) is 1. The maximum absolute atomic E-state index is 14.7. The number of nitrogen functional groups attached to an aromatic ring is 1. The van der Waals surface area contributed by atoms with Crippen LogP contribution in [0.3, 0.4) is 0 Å². The van der Waals surface area contributed by atoms with Crippen LogP contribution in [-0.2, 0) is 7.05 Å². The van der Waals surface area contributed by atoms with Gasteiger partial charge in [0.1, 0.15) is 17.8 Å². The van der Waals surface area contributed by atoms with E-state index >= 15 is 0 Å². The molecule has 1 aromatic carbocycles. The Morgan fingerprint density at radius 2 is 2.00 bits per heavy atom. The van der Waals surface area contributed by atoms with Crippen molar-refractivity contribution in [1.82, 2.24) is 19.4 Å². The summed E-state index contributed by atoms with van der Waals surface area (Å²) in [6.45, 7) is 1.29. The van der Waals surface area contributed by atoms with Crippen LogP contribution < -0.4 is 10.5 Å². The number of ether oxygens (including phenoxy) is 1. The van der Waals surface area contributed by atoms with Gasteiger partial charge in [-0.25, -0.2) is 19.2 Å². The third kappa shape index (κ3) is 3.27. The first-order chi connectivity index (χ1) is 13.5. The molecule has 9 heteroatoms. The molecule has 146 valence electrons. The summed E-state index contributed by atoms with van der Waals surface area (Å²) in [6.07, 6.45) is 3.88. The molecular weight excluding hydrogens is 476 g/mol. The van der Waals surface area contributed by atoms with Gasteiger partial charge in [-0.15, -0.1) is 0 Å². The number of aryl methyl sites for hydroxylation is 1. The number of piperidine rings is 1. The lowest BCUT2D eigenvalue weighted by Crippen LogP contribution is -2.37. The first-order valence-corrected chi connectivity index (χ1v) is 10.1. The molecule has 1 fully saturated rings. The zero-order valence-corrected chi connectivity index (χ0v) is 17.4. The minimum Gasteiger partial charge on any atom is -0.407 e. The van der Waals surface area contributed by atoms with E-state index in [0.29, 0.717) is 35.5 Å². The van der Waals surface area contributed by atoms with E-state index < -0.39 is 11.9 Å². The van der Waals surface area contributed by atoms with Gasteiger partial charge in [-0.3, -0.25) is 0 Å². The predicted molar refractivity (Wildman–Crippen MR) is 112 cm³/mol. The number of amides is 1. The summed E-state index contributed by atoms with van der Waals surface area (Å²) >= 11 is 2.17. The molecule has 0 saturated carbocycles. The molecule has 2 aromatic heterocycles. The second-order valence-corrected chi connectivity index (χ2v) is 7.77. The molecule has 0 aliphatic carbocycles. The highest BCUT2D eigenvalue weighted by Gasteiger charge is 2.22. The molecule has 3 aromatic rings. The van der Waals surface area contributed by atoms with E-state index in [9.17, 15) is 9.18 Å². The van der Waals surface area contributed by atoms with Gasteiger partial charge in [-0.05, 0) is 59.5 Å². The molecule has 0 radical (unpaired) electrons. The van der Waals surface area contributed by atoms with Gasteiger partial charge in [0.25, 0.3) is 0 Å². The van der Waals surface area contributed by atoms with Crippen molar-refractivity contribution in [3.05, 3.63) is 34.0 Å². The number of hydrogen-bond donors (Lipinski definition) is 1. The molecule has 7 nitrogen and oxygen atoms in total. The van der Waals surface area contributed by atoms with E-state index in [2.05, 4.69) is 32.6 Å². The Hall–Kier alpha value is -2.43. The van der Waals surface area contributed by atoms with Gasteiger partial charge >= 0.3 is 6.09 Å². The third-order valence-electron chi connectivity index (χ3n) is 4.96. The summed E-state index contributed by atoms with van der Waals surface area (Å²) in [7, 11) is 1.87. The van der Waals surface area contributed by atoms with E-state index in [1.54, 1.807) is 11.0 Å². The second kappa shape index (κ2) is 7.53. The summed E-state index contributed by atoms with van der Waals surface area (Å²) in [5.41, 5.74) is 8.10. The van der Waals surface area contributed by atoms with Crippen molar-refractivity contribution in [2.75, 3.05) is 18.8 Å². The number of nitrogens with two attached hydrogens (primary N) is 1. The Bertz CT molecular complexity index is 1060. The van der Waals surface area contributed by atoms with Crippen molar-refractivity contribution >= 4 is 45.5 Å². The number of halogens is 2. The molecule has 0 unspecified atom stereocenters. The van der Waals surface area contributed by atoms with Crippen LogP contribution in [0.1, 0.15) is 19.3 Å². The van der Waals surface area contributed by atoms with Crippen LogP contribution in [0.5, 0.6) is 5.75 Å². The first kappa shape index (κ1) is 18.9. The van der Waals surface area contributed by atoms with Crippen molar-refractivity contribution in [2.24, 2.45) is 7.05 Å². The molecule has 0 bridgehead atoms. The molecular formula is C19H19FIN5O2. The number of nitrogens with zero attached hydrogens (tertiary/aromatic N) is 4. The quantitative estimate of drug-likeness (QED) is 0.545. The number of anilines is 1. The average molecular weight is 495 g/mol. The van der Waals surface area contributed by atoms with E-state index in [4.69, 9.17) is 10.5 Å². The Balaban J connectivity index is 1.68. The number of carbonyl (C=O) groups excluding carboxylic acids is 1. The maximum Gasteiger partial charge on any atom is 0.415 e. The monoisotopic (exact) mass is 495 g/mol. The van der Waals surface area contributed by atoms with Crippen molar-refractivity contribution in [1.29, 1.82) is 0 Å². The molecule has 3 heterocycles. The summed E-state index contributed by atoms with van der Waals surface area (Å²) in [6, 6.07) is 4.54. The van der Waals surface area contributed by atoms with E-state index in [1.165, 1.54) is 18.5 Å². The normalized spacial score (nSPS) is 14.5. The topological polar surface area (TPSA) is 86.3 Å². The minimum absolute atomic E-state index is 0.0845. The molecule has 1 saturated heterocycles. The summed E-state index contributed by atoms with van der Waals surface area (Å²) < 4.78 is 22.8. The molecule has 1 aliphatic rings. The van der Waals surface area contributed by atoms with Gasteiger partial charge in [0.05, 0.1) is 9.09 Å². The van der Waals surface area contributed by atoms with Crippen molar-refractivity contribution < 1.29 is 13.9 Å². The van der Waals surface area contributed by atoms with Crippen LogP contribution in [0, 0.1) is 9.52 Å². The minimum atomic E-state index is -0.605. The lowest BCUT2D eigenvalue weighted by molar-refractivity contribution is 0.141. The highest BCUT2D eigenvalue weighted by atomic mass is 127. The van der Waals surface area contributed by atoms with Gasteiger partial charge in [0.2, 0.25) is 0 Å². The number of aromatic nitrogens is 3. The Labute approximate surface area is 174 Å². The molecule has 2 N–H and O–H groups in total. The highest BCUT2D eigenvalue weighted by Crippen LogP contribution is 2.38. The molecule has 28 heavy (non-hydrogen) atoms. The number of carbonyl (C=O) groups is 1. The third-order valence-corrected chi connectivity index (χ3v) is 6.22. The number of rotatable bonds is 2. The van der Waals surface area contributed by atoms with E-state index in [1.807, 2.05) is 11.6 Å². The number of hydrogen-bond acceptors (Lipinski definition) is 5. The second-order valence-electron chi connectivity index (χ2n) is 6.74. The SMILES string of the molecule is Cn1c(I)c(-c2ccc(OC(=O)N3CCCCC3)c(F)c2)c2c(N)ncnc21. The molecule has 1 amide bonds. The number of fused-ring (bicyclic) bond motifs is 1. The average Bonchev–Trinajstić information content (AvgIpc) is 2.96. The van der Waals surface area contributed by atoms with Crippen LogP contribution >= 0.6 is 22.6 Å². The standard InChI is InChI=1S/C19H19FIN5O2/c1-25-16(21)14(15-17(22)23-10-24-18(15)25)11-5-6-13(12(20)9-11)28-19(27)26-7-3-2-4-8-26/h5-6,9-10H,2-4,7-8H2,1H3,(H2,22,23,24). The van der Waals surface area contributed by atoms with Gasteiger partial charge in [-0.2, -0.15) is 0 Å². The largest absolute Gasteiger partial charge is 0.415 e. The number of benzene rings is 1. The fourth-order valence-electron chi connectivity index (χ4n) is 3.49. The molecule has 1 aliphatic heterocycles. The fraction of sp³-hybridized carbons (Fsp3) is 0.316. The molecule has 0 spiro atoms. The van der Waals surface area contributed by atoms with Crippen molar-refractivity contribution in [3.63, 3.8) is 0 Å².